The second kappa shape index (κ2) is 6.80. The number of para-hydroxylation sites is 1. The van der Waals surface area contributed by atoms with E-state index in [2.05, 4.69) is 31.9 Å². The first-order valence-electron chi connectivity index (χ1n) is 5.75. The van der Waals surface area contributed by atoms with Crippen LogP contribution in [-0.4, -0.2) is 7.11 Å². The fourth-order valence-electron chi connectivity index (χ4n) is 1.68. The van der Waals surface area contributed by atoms with Gasteiger partial charge in [0.2, 0.25) is 0 Å². The minimum absolute atomic E-state index is 0.352. The molecule has 2 aromatic carbocycles. The first kappa shape index (κ1) is 15.6. The molecule has 0 aliphatic rings. The first-order chi connectivity index (χ1) is 9.56. The molecule has 106 valence electrons. The Morgan fingerprint density at radius 1 is 1.15 bits per heavy atom. The standard InChI is InChI=1S/C14H12Br2ClNO2/c1-19-12-5-10(16)13(6-9(12)15)20-14-8(7-18)3-2-4-11(14)17/h2-6H,7,18H2,1H3. The van der Waals surface area contributed by atoms with Crippen molar-refractivity contribution < 1.29 is 9.47 Å². The third-order valence-corrected chi connectivity index (χ3v) is 4.22. The summed E-state index contributed by atoms with van der Waals surface area (Å²) in [5.41, 5.74) is 6.55. The van der Waals surface area contributed by atoms with Gasteiger partial charge in [-0.1, -0.05) is 23.7 Å². The molecule has 2 N–H and O–H groups in total. The Balaban J connectivity index is 2.43. The maximum atomic E-state index is 6.18. The van der Waals surface area contributed by atoms with Crippen molar-refractivity contribution in [2.75, 3.05) is 7.11 Å². The number of ether oxygens (including phenoxy) is 2. The van der Waals surface area contributed by atoms with Crippen LogP contribution >= 0.6 is 43.5 Å². The molecule has 0 radical (unpaired) electrons. The minimum Gasteiger partial charge on any atom is -0.496 e. The van der Waals surface area contributed by atoms with Gasteiger partial charge in [-0.2, -0.15) is 0 Å². The van der Waals surface area contributed by atoms with Gasteiger partial charge in [-0.15, -0.1) is 0 Å². The van der Waals surface area contributed by atoms with Crippen molar-refractivity contribution in [2.24, 2.45) is 5.73 Å². The Bertz CT molecular complexity index is 635. The van der Waals surface area contributed by atoms with E-state index in [1.807, 2.05) is 24.3 Å². The van der Waals surface area contributed by atoms with Crippen molar-refractivity contribution in [3.63, 3.8) is 0 Å². The maximum absolute atomic E-state index is 6.18. The number of methoxy groups -OCH3 is 1. The van der Waals surface area contributed by atoms with Crippen LogP contribution in [0, 0.1) is 0 Å². The largest absolute Gasteiger partial charge is 0.496 e. The summed E-state index contributed by atoms with van der Waals surface area (Å²) < 4.78 is 12.7. The van der Waals surface area contributed by atoms with Gasteiger partial charge in [0.05, 0.1) is 21.1 Å². The molecule has 0 aromatic heterocycles. The highest BCUT2D eigenvalue weighted by Gasteiger charge is 2.13. The minimum atomic E-state index is 0.352. The highest BCUT2D eigenvalue weighted by Crippen LogP contribution is 2.40. The monoisotopic (exact) mass is 419 g/mol. The molecule has 0 aliphatic heterocycles. The molecule has 0 bridgehead atoms. The maximum Gasteiger partial charge on any atom is 0.150 e. The number of hydrogen-bond acceptors (Lipinski definition) is 3. The lowest BCUT2D eigenvalue weighted by Crippen LogP contribution is -2.00. The summed E-state index contributed by atoms with van der Waals surface area (Å²) in [4.78, 5) is 0. The van der Waals surface area contributed by atoms with Gasteiger partial charge in [0, 0.05) is 12.1 Å². The smallest absolute Gasteiger partial charge is 0.150 e. The van der Waals surface area contributed by atoms with Crippen molar-refractivity contribution in [2.45, 2.75) is 6.54 Å². The number of halogens is 3. The van der Waals surface area contributed by atoms with Gasteiger partial charge in [-0.3, -0.25) is 0 Å². The molecule has 2 aromatic rings. The van der Waals surface area contributed by atoms with Gasteiger partial charge in [0.15, 0.2) is 5.75 Å². The van der Waals surface area contributed by atoms with E-state index in [1.165, 1.54) is 0 Å². The number of benzene rings is 2. The van der Waals surface area contributed by atoms with Crippen LogP contribution < -0.4 is 15.2 Å². The second-order valence-corrected chi connectivity index (χ2v) is 6.07. The fourth-order valence-corrected chi connectivity index (χ4v) is 2.80. The Morgan fingerprint density at radius 3 is 2.45 bits per heavy atom. The molecule has 0 fully saturated rings. The molecule has 6 heteroatoms. The van der Waals surface area contributed by atoms with Gasteiger partial charge in [0.25, 0.3) is 0 Å². The topological polar surface area (TPSA) is 44.5 Å². The van der Waals surface area contributed by atoms with E-state index in [1.54, 1.807) is 13.2 Å². The van der Waals surface area contributed by atoms with Crippen LogP contribution in [0.5, 0.6) is 17.2 Å². The van der Waals surface area contributed by atoms with Crippen molar-refractivity contribution in [3.8, 4) is 17.2 Å². The van der Waals surface area contributed by atoms with E-state index in [0.29, 0.717) is 28.8 Å². The first-order valence-corrected chi connectivity index (χ1v) is 7.71. The zero-order valence-corrected chi connectivity index (χ0v) is 14.5. The Hall–Kier alpha value is -0.750. The van der Waals surface area contributed by atoms with Crippen LogP contribution in [0.15, 0.2) is 39.3 Å². The molecule has 0 saturated carbocycles. The van der Waals surface area contributed by atoms with Gasteiger partial charge in [0.1, 0.15) is 11.5 Å². The molecular formula is C14H12Br2ClNO2. The number of rotatable bonds is 4. The lowest BCUT2D eigenvalue weighted by molar-refractivity contribution is 0.409. The molecule has 0 heterocycles. The summed E-state index contributed by atoms with van der Waals surface area (Å²) in [7, 11) is 1.60. The SMILES string of the molecule is COc1cc(Br)c(Oc2c(Cl)cccc2CN)cc1Br. The molecule has 0 spiro atoms. The zero-order valence-electron chi connectivity index (χ0n) is 10.6. The summed E-state index contributed by atoms with van der Waals surface area (Å²) in [6.45, 7) is 0.352. The molecule has 0 atom stereocenters. The number of hydrogen-bond donors (Lipinski definition) is 1. The van der Waals surface area contributed by atoms with E-state index < -0.39 is 0 Å². The summed E-state index contributed by atoms with van der Waals surface area (Å²) >= 11 is 13.1. The van der Waals surface area contributed by atoms with E-state index >= 15 is 0 Å². The van der Waals surface area contributed by atoms with Gasteiger partial charge in [-0.05, 0) is 50.1 Å². The molecule has 3 nitrogen and oxygen atoms in total. The predicted molar refractivity (Wildman–Crippen MR) is 87.8 cm³/mol. The van der Waals surface area contributed by atoms with Crippen molar-refractivity contribution in [1.29, 1.82) is 0 Å². The van der Waals surface area contributed by atoms with Crippen molar-refractivity contribution >= 4 is 43.5 Å². The Kier molecular flexibility index (Phi) is 5.32. The van der Waals surface area contributed by atoms with Gasteiger partial charge >= 0.3 is 0 Å². The van der Waals surface area contributed by atoms with Crippen LogP contribution in [0.25, 0.3) is 0 Å². The highest BCUT2D eigenvalue weighted by atomic mass is 79.9. The van der Waals surface area contributed by atoms with Crippen LogP contribution in [0.1, 0.15) is 5.56 Å². The average molecular weight is 422 g/mol. The zero-order chi connectivity index (χ0) is 14.7. The molecule has 0 unspecified atom stereocenters. The van der Waals surface area contributed by atoms with Crippen molar-refractivity contribution in [1.82, 2.24) is 0 Å². The fraction of sp³-hybridized carbons (Fsp3) is 0.143. The summed E-state index contributed by atoms with van der Waals surface area (Å²) in [6.07, 6.45) is 0. The van der Waals surface area contributed by atoms with Crippen LogP contribution in [0.3, 0.4) is 0 Å². The summed E-state index contributed by atoms with van der Waals surface area (Å²) in [6, 6.07) is 9.12. The summed E-state index contributed by atoms with van der Waals surface area (Å²) in [5.74, 6) is 1.90. The molecule has 0 aliphatic carbocycles. The van der Waals surface area contributed by atoms with E-state index in [4.69, 9.17) is 26.8 Å². The van der Waals surface area contributed by atoms with Gasteiger partial charge < -0.3 is 15.2 Å². The second-order valence-electron chi connectivity index (χ2n) is 3.95. The predicted octanol–water partition coefficient (Wildman–Crippen LogP) is 5.12. The van der Waals surface area contributed by atoms with E-state index in [9.17, 15) is 0 Å². The normalized spacial score (nSPS) is 10.4. The third-order valence-electron chi connectivity index (χ3n) is 2.69. The molecule has 2 rings (SSSR count). The highest BCUT2D eigenvalue weighted by molar-refractivity contribution is 9.11. The Morgan fingerprint density at radius 2 is 1.80 bits per heavy atom. The third kappa shape index (κ3) is 3.28. The summed E-state index contributed by atoms with van der Waals surface area (Å²) in [5, 5.41) is 0.520. The molecule has 0 saturated heterocycles. The van der Waals surface area contributed by atoms with Crippen molar-refractivity contribution in [3.05, 3.63) is 49.9 Å². The molecule has 20 heavy (non-hydrogen) atoms. The number of nitrogens with two attached hydrogens (primary N) is 1. The van der Waals surface area contributed by atoms with E-state index in [0.717, 1.165) is 14.5 Å². The quantitative estimate of drug-likeness (QED) is 0.745. The Labute approximate surface area is 139 Å². The lowest BCUT2D eigenvalue weighted by Gasteiger charge is -2.14. The van der Waals surface area contributed by atoms with Crippen LogP contribution in [-0.2, 0) is 6.54 Å². The van der Waals surface area contributed by atoms with E-state index in [-0.39, 0.29) is 0 Å². The lowest BCUT2D eigenvalue weighted by atomic mass is 10.2. The van der Waals surface area contributed by atoms with Gasteiger partial charge in [-0.25, -0.2) is 0 Å². The average Bonchev–Trinajstić information content (AvgIpc) is 2.44. The molecule has 0 amide bonds. The molecular weight excluding hydrogens is 409 g/mol. The van der Waals surface area contributed by atoms with Crippen LogP contribution in [0.2, 0.25) is 5.02 Å². The van der Waals surface area contributed by atoms with Crippen LogP contribution in [0.4, 0.5) is 0 Å².